The van der Waals surface area contributed by atoms with Gasteiger partial charge in [-0.3, -0.25) is 14.4 Å². The van der Waals surface area contributed by atoms with E-state index in [-0.39, 0.29) is 43.0 Å². The molecule has 2 heterocycles. The molecule has 0 saturated heterocycles. The van der Waals surface area contributed by atoms with Crippen molar-refractivity contribution in [2.75, 3.05) is 24.7 Å². The third-order valence-corrected chi connectivity index (χ3v) is 8.68. The smallest absolute Gasteiger partial charge is 0.227 e. The number of nitrogens with one attached hydrogen (secondary N) is 1. The van der Waals surface area contributed by atoms with Crippen molar-refractivity contribution in [3.8, 4) is 22.5 Å². The highest BCUT2D eigenvalue weighted by molar-refractivity contribution is 6.01. The van der Waals surface area contributed by atoms with Crippen LogP contribution in [0.15, 0.2) is 48.5 Å². The summed E-state index contributed by atoms with van der Waals surface area (Å²) >= 11 is 0. The number of para-hydroxylation sites is 1. The fraction of sp³-hybridized carbons (Fsp3) is 0.553. The van der Waals surface area contributed by atoms with E-state index in [2.05, 4.69) is 29.5 Å². The molecule has 1 aliphatic rings. The van der Waals surface area contributed by atoms with E-state index in [4.69, 9.17) is 9.47 Å². The highest BCUT2D eigenvalue weighted by Gasteiger charge is 2.31. The Morgan fingerprint density at radius 2 is 1.58 bits per heavy atom. The van der Waals surface area contributed by atoms with Crippen LogP contribution in [0.5, 0.6) is 0 Å². The number of benzene rings is 2. The van der Waals surface area contributed by atoms with Crippen LogP contribution in [0.1, 0.15) is 86.6 Å². The number of hydrogen-bond acceptors (Lipinski definition) is 7. The molecule has 0 radical (unpaired) electrons. The molecule has 1 N–H and O–H groups in total. The Labute approximate surface area is 285 Å². The maximum absolute atomic E-state index is 13.8. The number of rotatable bonds is 16. The van der Waals surface area contributed by atoms with Gasteiger partial charge in [0, 0.05) is 43.0 Å². The minimum atomic E-state index is -0.627. The van der Waals surface area contributed by atoms with E-state index in [0.29, 0.717) is 38.6 Å². The lowest BCUT2D eigenvalue weighted by Gasteiger charge is -2.32. The molecule has 0 atom stereocenters. The maximum Gasteiger partial charge on any atom is 0.227 e. The molecule has 1 aliphatic heterocycles. The first kappa shape index (κ1) is 36.9. The zero-order valence-corrected chi connectivity index (χ0v) is 30.0. The largest absolute Gasteiger partial charge is 0.373 e. The van der Waals surface area contributed by atoms with Crippen molar-refractivity contribution >= 4 is 23.3 Å². The predicted molar refractivity (Wildman–Crippen MR) is 188 cm³/mol. The van der Waals surface area contributed by atoms with Crippen molar-refractivity contribution in [1.82, 2.24) is 20.3 Å². The molecule has 0 unspecified atom stereocenters. The first-order chi connectivity index (χ1) is 22.7. The van der Waals surface area contributed by atoms with Gasteiger partial charge in [-0.25, -0.2) is 4.68 Å². The number of nitrogens with zero attached hydrogens (tertiary/aromatic N) is 4. The molecule has 1 aromatic heterocycles. The normalized spacial score (nSPS) is 13.1. The SMILES string of the molecule is CC(C)CCNC(=O)CCC(=O)N1Cc2ccccc2-c2nnn(CCC(C)(C)OCC(C)(C)OCC(=O)C(C)C)c2-c2ccccc21. The van der Waals surface area contributed by atoms with Crippen molar-refractivity contribution < 1.29 is 23.9 Å². The molecule has 4 rings (SSSR count). The van der Waals surface area contributed by atoms with Crippen molar-refractivity contribution in [2.24, 2.45) is 11.8 Å². The number of aromatic nitrogens is 3. The van der Waals surface area contributed by atoms with E-state index in [1.165, 1.54) is 0 Å². The number of ketones is 1. The Bertz CT molecular complexity index is 1570. The zero-order chi connectivity index (χ0) is 35.1. The quantitative estimate of drug-likeness (QED) is 0.184. The van der Waals surface area contributed by atoms with Gasteiger partial charge in [-0.2, -0.15) is 0 Å². The number of Topliss-reactive ketones (excluding diaryl/α,β-unsaturated/α-hetero) is 1. The lowest BCUT2D eigenvalue weighted by Crippen LogP contribution is -2.38. The summed E-state index contributed by atoms with van der Waals surface area (Å²) in [5.74, 6) is 0.254. The second-order valence-electron chi connectivity index (χ2n) is 14.7. The van der Waals surface area contributed by atoms with E-state index < -0.39 is 11.2 Å². The van der Waals surface area contributed by atoms with Gasteiger partial charge in [0.1, 0.15) is 12.3 Å². The fourth-order valence-electron chi connectivity index (χ4n) is 5.43. The van der Waals surface area contributed by atoms with Gasteiger partial charge in [0.15, 0.2) is 5.78 Å². The van der Waals surface area contributed by atoms with E-state index in [0.717, 1.165) is 40.2 Å². The minimum absolute atomic E-state index is 0.0610. The molecule has 2 aromatic carbocycles. The molecule has 48 heavy (non-hydrogen) atoms. The second-order valence-corrected chi connectivity index (χ2v) is 14.7. The standard InChI is InChI=1S/C38H53N5O5/c1-26(2)19-21-39-33(45)17-18-34(46)42-23-28-13-9-10-14-29(28)35-36(30-15-11-12-16-31(30)42)43(41-40-35)22-20-37(5,6)48-25-38(7,8)47-24-32(44)27(3)4/h9-16,26-27H,17-25H2,1-8H3,(H,39,45). The zero-order valence-electron chi connectivity index (χ0n) is 30.0. The Hall–Kier alpha value is -3.89. The molecule has 0 bridgehead atoms. The molecular formula is C38H53N5O5. The summed E-state index contributed by atoms with van der Waals surface area (Å²) < 4.78 is 14.1. The second kappa shape index (κ2) is 16.0. The predicted octanol–water partition coefficient (Wildman–Crippen LogP) is 6.61. The van der Waals surface area contributed by atoms with Gasteiger partial charge in [-0.05, 0) is 58.1 Å². The number of ether oxygens (including phenoxy) is 2. The van der Waals surface area contributed by atoms with Gasteiger partial charge >= 0.3 is 0 Å². The lowest BCUT2D eigenvalue weighted by molar-refractivity contribution is -0.145. The summed E-state index contributed by atoms with van der Waals surface area (Å²) in [5, 5.41) is 12.2. The Kier molecular flexibility index (Phi) is 12.3. The van der Waals surface area contributed by atoms with Crippen LogP contribution < -0.4 is 10.2 Å². The lowest BCUT2D eigenvalue weighted by atomic mass is 9.95. The first-order valence-corrected chi connectivity index (χ1v) is 17.2. The molecule has 3 aromatic rings. The number of carbonyl (C=O) groups is 3. The molecule has 10 nitrogen and oxygen atoms in total. The average Bonchev–Trinajstić information content (AvgIpc) is 3.46. The molecule has 0 aliphatic carbocycles. The van der Waals surface area contributed by atoms with Crippen LogP contribution in [0.25, 0.3) is 22.5 Å². The van der Waals surface area contributed by atoms with Crippen molar-refractivity contribution in [3.63, 3.8) is 0 Å². The summed E-state index contributed by atoms with van der Waals surface area (Å²) in [4.78, 5) is 40.3. The van der Waals surface area contributed by atoms with Crippen LogP contribution in [0.3, 0.4) is 0 Å². The summed E-state index contributed by atoms with van der Waals surface area (Å²) in [6.45, 7) is 17.8. The van der Waals surface area contributed by atoms with E-state index in [9.17, 15) is 14.4 Å². The maximum atomic E-state index is 13.8. The summed E-state index contributed by atoms with van der Waals surface area (Å²) in [7, 11) is 0. The number of fused-ring (bicyclic) bond motifs is 5. The van der Waals surface area contributed by atoms with Crippen LogP contribution in [-0.2, 0) is 36.9 Å². The van der Waals surface area contributed by atoms with Gasteiger partial charge in [0.2, 0.25) is 11.8 Å². The van der Waals surface area contributed by atoms with Crippen LogP contribution in [0, 0.1) is 11.8 Å². The van der Waals surface area contributed by atoms with Gasteiger partial charge in [-0.1, -0.05) is 75.4 Å². The van der Waals surface area contributed by atoms with Crippen molar-refractivity contribution in [2.45, 2.75) is 105 Å². The Balaban J connectivity index is 1.56. The fourth-order valence-corrected chi connectivity index (χ4v) is 5.43. The van der Waals surface area contributed by atoms with Gasteiger partial charge in [0.05, 0.1) is 35.7 Å². The molecule has 10 heteroatoms. The molecule has 260 valence electrons. The van der Waals surface area contributed by atoms with Gasteiger partial charge in [-0.15, -0.1) is 5.10 Å². The molecule has 0 fully saturated rings. The average molecular weight is 660 g/mol. The van der Waals surface area contributed by atoms with E-state index in [1.54, 1.807) is 4.90 Å². The van der Waals surface area contributed by atoms with E-state index in [1.807, 2.05) is 94.8 Å². The van der Waals surface area contributed by atoms with Crippen LogP contribution in [0.2, 0.25) is 0 Å². The van der Waals surface area contributed by atoms with Crippen molar-refractivity contribution in [3.05, 3.63) is 54.1 Å². The number of hydrogen-bond donors (Lipinski definition) is 1. The molecule has 0 spiro atoms. The number of amides is 2. The Morgan fingerprint density at radius 3 is 2.29 bits per heavy atom. The number of carbonyl (C=O) groups excluding carboxylic acids is 3. The summed E-state index contributed by atoms with van der Waals surface area (Å²) in [6, 6.07) is 15.8. The number of aryl methyl sites for hydroxylation is 1. The number of anilines is 1. The van der Waals surface area contributed by atoms with Crippen LogP contribution >= 0.6 is 0 Å². The summed E-state index contributed by atoms with van der Waals surface area (Å²) in [6.07, 6.45) is 1.76. The van der Waals surface area contributed by atoms with Crippen molar-refractivity contribution in [1.29, 1.82) is 0 Å². The Morgan fingerprint density at radius 1 is 0.896 bits per heavy atom. The monoisotopic (exact) mass is 659 g/mol. The third kappa shape index (κ3) is 9.82. The van der Waals surface area contributed by atoms with Gasteiger partial charge in [0.25, 0.3) is 0 Å². The van der Waals surface area contributed by atoms with Gasteiger partial charge < -0.3 is 19.7 Å². The molecule has 2 amide bonds. The molecule has 0 saturated carbocycles. The van der Waals surface area contributed by atoms with Crippen LogP contribution in [0.4, 0.5) is 5.69 Å². The third-order valence-electron chi connectivity index (χ3n) is 8.68. The highest BCUT2D eigenvalue weighted by atomic mass is 16.6. The van der Waals surface area contributed by atoms with Crippen LogP contribution in [-0.4, -0.2) is 63.6 Å². The molecular weight excluding hydrogens is 606 g/mol. The highest BCUT2D eigenvalue weighted by Crippen LogP contribution is 2.41. The summed E-state index contributed by atoms with van der Waals surface area (Å²) in [5.41, 5.74) is 3.92. The first-order valence-electron chi connectivity index (χ1n) is 17.2. The topological polar surface area (TPSA) is 116 Å². The van der Waals surface area contributed by atoms with E-state index >= 15 is 0 Å². The minimum Gasteiger partial charge on any atom is -0.373 e.